The van der Waals surface area contributed by atoms with Crippen molar-refractivity contribution in [2.24, 2.45) is 0 Å². The molecular weight excluding hydrogens is 288 g/mol. The number of thiazole rings is 1. The molecule has 0 bridgehead atoms. The van der Waals surface area contributed by atoms with Gasteiger partial charge >= 0.3 is 0 Å². The lowest BCUT2D eigenvalue weighted by molar-refractivity contribution is 0.0264. The SMILES string of the molecule is O=C(NCC1(O)CCOC1)c1csc(-c2ccccc2)n1. The van der Waals surface area contributed by atoms with Gasteiger partial charge in [-0.25, -0.2) is 4.98 Å². The van der Waals surface area contributed by atoms with Crippen molar-refractivity contribution in [1.82, 2.24) is 10.3 Å². The van der Waals surface area contributed by atoms with Crippen LogP contribution in [0.4, 0.5) is 0 Å². The number of aliphatic hydroxyl groups is 1. The van der Waals surface area contributed by atoms with Crippen LogP contribution < -0.4 is 5.32 Å². The van der Waals surface area contributed by atoms with Crippen LogP contribution in [0.15, 0.2) is 35.7 Å². The molecule has 1 aliphatic heterocycles. The van der Waals surface area contributed by atoms with Gasteiger partial charge in [-0.15, -0.1) is 11.3 Å². The van der Waals surface area contributed by atoms with Crippen molar-refractivity contribution in [2.45, 2.75) is 12.0 Å². The highest BCUT2D eigenvalue weighted by atomic mass is 32.1. The first kappa shape index (κ1) is 14.2. The fraction of sp³-hybridized carbons (Fsp3) is 0.333. The quantitative estimate of drug-likeness (QED) is 0.902. The predicted octanol–water partition coefficient (Wildman–Crippen LogP) is 1.69. The molecule has 1 fully saturated rings. The van der Waals surface area contributed by atoms with Crippen LogP contribution in [0.2, 0.25) is 0 Å². The Bertz CT molecular complexity index is 621. The van der Waals surface area contributed by atoms with Gasteiger partial charge in [0.1, 0.15) is 16.3 Å². The van der Waals surface area contributed by atoms with Crippen molar-refractivity contribution in [3.05, 3.63) is 41.4 Å². The molecule has 110 valence electrons. The minimum absolute atomic E-state index is 0.185. The summed E-state index contributed by atoms with van der Waals surface area (Å²) in [5, 5.41) is 15.4. The number of aromatic nitrogens is 1. The number of hydrogen-bond donors (Lipinski definition) is 2. The maximum Gasteiger partial charge on any atom is 0.270 e. The van der Waals surface area contributed by atoms with Gasteiger partial charge in [0.25, 0.3) is 5.91 Å². The summed E-state index contributed by atoms with van der Waals surface area (Å²) in [5.41, 5.74) is 0.416. The smallest absolute Gasteiger partial charge is 0.270 e. The molecule has 1 aromatic heterocycles. The van der Waals surface area contributed by atoms with Crippen LogP contribution in [0, 0.1) is 0 Å². The van der Waals surface area contributed by atoms with Crippen LogP contribution in [-0.4, -0.2) is 41.4 Å². The van der Waals surface area contributed by atoms with Crippen LogP contribution in [0.1, 0.15) is 16.9 Å². The lowest BCUT2D eigenvalue weighted by atomic mass is 10.0. The first-order valence-corrected chi connectivity index (χ1v) is 7.64. The molecule has 2 heterocycles. The van der Waals surface area contributed by atoms with Crippen LogP contribution in [0.3, 0.4) is 0 Å². The fourth-order valence-electron chi connectivity index (χ4n) is 2.16. The maximum absolute atomic E-state index is 12.1. The van der Waals surface area contributed by atoms with E-state index in [2.05, 4.69) is 10.3 Å². The Morgan fingerprint density at radius 3 is 2.95 bits per heavy atom. The van der Waals surface area contributed by atoms with Gasteiger partial charge in [-0.05, 0) is 0 Å². The number of hydrogen-bond acceptors (Lipinski definition) is 5. The summed E-state index contributed by atoms with van der Waals surface area (Å²) in [5.74, 6) is -0.270. The van der Waals surface area contributed by atoms with Gasteiger partial charge in [-0.1, -0.05) is 30.3 Å². The molecular formula is C15H16N2O3S. The molecule has 1 atom stereocenters. The molecule has 0 saturated carbocycles. The molecule has 0 aliphatic carbocycles. The highest BCUT2D eigenvalue weighted by Crippen LogP contribution is 2.23. The van der Waals surface area contributed by atoms with Gasteiger partial charge in [-0.3, -0.25) is 4.79 Å². The third kappa shape index (κ3) is 3.29. The second-order valence-electron chi connectivity index (χ2n) is 5.11. The van der Waals surface area contributed by atoms with Gasteiger partial charge < -0.3 is 15.2 Å². The Hall–Kier alpha value is -1.76. The lowest BCUT2D eigenvalue weighted by Gasteiger charge is -2.20. The van der Waals surface area contributed by atoms with E-state index >= 15 is 0 Å². The van der Waals surface area contributed by atoms with E-state index in [1.807, 2.05) is 30.3 Å². The van der Waals surface area contributed by atoms with Gasteiger partial charge in [0.15, 0.2) is 0 Å². The molecule has 1 saturated heterocycles. The average Bonchev–Trinajstić information content (AvgIpc) is 3.16. The third-order valence-corrected chi connectivity index (χ3v) is 4.31. The molecule has 6 heteroatoms. The Morgan fingerprint density at radius 2 is 2.24 bits per heavy atom. The van der Waals surface area contributed by atoms with Crippen molar-refractivity contribution in [3.63, 3.8) is 0 Å². The number of rotatable bonds is 4. The zero-order valence-electron chi connectivity index (χ0n) is 11.4. The van der Waals surface area contributed by atoms with Crippen molar-refractivity contribution >= 4 is 17.2 Å². The van der Waals surface area contributed by atoms with Crippen LogP contribution in [0.25, 0.3) is 10.6 Å². The molecule has 1 amide bonds. The Morgan fingerprint density at radius 1 is 1.43 bits per heavy atom. The third-order valence-electron chi connectivity index (χ3n) is 3.42. The summed E-state index contributed by atoms with van der Waals surface area (Å²) in [6.07, 6.45) is 0.541. The molecule has 0 radical (unpaired) electrons. The van der Waals surface area contributed by atoms with Crippen molar-refractivity contribution in [2.75, 3.05) is 19.8 Å². The molecule has 2 aromatic rings. The standard InChI is InChI=1S/C15H16N2O3S/c18-13(16-9-15(19)6-7-20-10-15)12-8-21-14(17-12)11-4-2-1-3-5-11/h1-5,8,19H,6-7,9-10H2,(H,16,18). The minimum Gasteiger partial charge on any atom is -0.386 e. The van der Waals surface area contributed by atoms with Crippen molar-refractivity contribution in [1.29, 1.82) is 0 Å². The molecule has 21 heavy (non-hydrogen) atoms. The second-order valence-corrected chi connectivity index (χ2v) is 5.97. The van der Waals surface area contributed by atoms with Gasteiger partial charge in [0.2, 0.25) is 0 Å². The molecule has 1 unspecified atom stereocenters. The van der Waals surface area contributed by atoms with Gasteiger partial charge in [-0.2, -0.15) is 0 Å². The summed E-state index contributed by atoms with van der Waals surface area (Å²) >= 11 is 1.43. The average molecular weight is 304 g/mol. The number of ether oxygens (including phenoxy) is 1. The monoisotopic (exact) mass is 304 g/mol. The van der Waals surface area contributed by atoms with E-state index in [4.69, 9.17) is 4.74 Å². The number of nitrogens with one attached hydrogen (secondary N) is 1. The minimum atomic E-state index is -0.950. The zero-order valence-corrected chi connectivity index (χ0v) is 12.2. The summed E-state index contributed by atoms with van der Waals surface area (Å²) < 4.78 is 5.15. The first-order valence-electron chi connectivity index (χ1n) is 6.76. The summed E-state index contributed by atoms with van der Waals surface area (Å²) in [6, 6.07) is 9.73. The van der Waals surface area contributed by atoms with Crippen molar-refractivity contribution < 1.29 is 14.6 Å². The van der Waals surface area contributed by atoms with Gasteiger partial charge in [0, 0.05) is 30.5 Å². The number of carbonyl (C=O) groups is 1. The number of nitrogens with zero attached hydrogens (tertiary/aromatic N) is 1. The summed E-state index contributed by atoms with van der Waals surface area (Å²) in [6.45, 7) is 0.977. The zero-order chi connectivity index (χ0) is 14.7. The number of benzene rings is 1. The Balaban J connectivity index is 1.64. The lowest BCUT2D eigenvalue weighted by Crippen LogP contribution is -2.43. The maximum atomic E-state index is 12.1. The second kappa shape index (κ2) is 5.93. The highest BCUT2D eigenvalue weighted by molar-refractivity contribution is 7.13. The van der Waals surface area contributed by atoms with E-state index in [1.54, 1.807) is 5.38 Å². The Kier molecular flexibility index (Phi) is 4.01. The van der Waals surface area contributed by atoms with E-state index in [9.17, 15) is 9.90 Å². The predicted molar refractivity (Wildman–Crippen MR) is 80.3 cm³/mol. The normalized spacial score (nSPS) is 21.4. The van der Waals surface area contributed by atoms with E-state index in [1.165, 1.54) is 11.3 Å². The highest BCUT2D eigenvalue weighted by Gasteiger charge is 2.32. The summed E-state index contributed by atoms with van der Waals surface area (Å²) in [4.78, 5) is 16.4. The molecule has 1 aliphatic rings. The van der Waals surface area contributed by atoms with Gasteiger partial charge in [0.05, 0.1) is 6.61 Å². The first-order chi connectivity index (χ1) is 10.2. The molecule has 3 rings (SSSR count). The van der Waals surface area contributed by atoms with Crippen LogP contribution in [0.5, 0.6) is 0 Å². The van der Waals surface area contributed by atoms with E-state index in [0.717, 1.165) is 10.6 Å². The largest absolute Gasteiger partial charge is 0.386 e. The topological polar surface area (TPSA) is 71.5 Å². The van der Waals surface area contributed by atoms with Crippen LogP contribution in [-0.2, 0) is 4.74 Å². The summed E-state index contributed by atoms with van der Waals surface area (Å²) in [7, 11) is 0. The van der Waals surface area contributed by atoms with E-state index in [0.29, 0.717) is 18.7 Å². The molecule has 0 spiro atoms. The molecule has 1 aromatic carbocycles. The fourth-order valence-corrected chi connectivity index (χ4v) is 2.97. The number of amides is 1. The number of carbonyl (C=O) groups excluding carboxylic acids is 1. The van der Waals surface area contributed by atoms with E-state index in [-0.39, 0.29) is 19.1 Å². The molecule has 5 nitrogen and oxygen atoms in total. The van der Waals surface area contributed by atoms with E-state index < -0.39 is 5.60 Å². The van der Waals surface area contributed by atoms with Crippen molar-refractivity contribution in [3.8, 4) is 10.6 Å². The van der Waals surface area contributed by atoms with Crippen LogP contribution >= 0.6 is 11.3 Å². The molecule has 2 N–H and O–H groups in total. The Labute approximate surface area is 126 Å².